The van der Waals surface area contributed by atoms with E-state index in [9.17, 15) is 26.4 Å². The summed E-state index contributed by atoms with van der Waals surface area (Å²) < 4.78 is 63.5. The summed E-state index contributed by atoms with van der Waals surface area (Å²) >= 11 is 0. The van der Waals surface area contributed by atoms with E-state index in [1.54, 1.807) is 0 Å². The standard InChI is InChI=1S/C10H12F3N3O4S/c1-15-8(16-5-3-2-4-9(16)17)6-7(14-15)20-21(18,19)10(11,12)13/h6H,2-5H2,1H3. The van der Waals surface area contributed by atoms with Crippen LogP contribution in [0.15, 0.2) is 6.07 Å². The summed E-state index contributed by atoms with van der Waals surface area (Å²) in [7, 11) is -4.40. The lowest BCUT2D eigenvalue weighted by Crippen LogP contribution is -2.36. The first-order valence-electron chi connectivity index (χ1n) is 5.97. The second-order valence-electron chi connectivity index (χ2n) is 4.45. The van der Waals surface area contributed by atoms with Crippen LogP contribution >= 0.6 is 0 Å². The minimum absolute atomic E-state index is 0.187. The summed E-state index contributed by atoms with van der Waals surface area (Å²) in [5.74, 6) is -0.746. The summed E-state index contributed by atoms with van der Waals surface area (Å²) in [5, 5.41) is 3.54. The fourth-order valence-corrected chi connectivity index (χ4v) is 2.33. The van der Waals surface area contributed by atoms with E-state index in [0.717, 1.165) is 23.6 Å². The molecule has 1 fully saturated rings. The average Bonchev–Trinajstić information content (AvgIpc) is 2.68. The van der Waals surface area contributed by atoms with E-state index < -0.39 is 21.5 Å². The van der Waals surface area contributed by atoms with Crippen molar-refractivity contribution in [3.8, 4) is 5.88 Å². The van der Waals surface area contributed by atoms with Crippen molar-refractivity contribution in [3.05, 3.63) is 6.07 Å². The van der Waals surface area contributed by atoms with Gasteiger partial charge in [0.15, 0.2) is 0 Å². The molecule has 21 heavy (non-hydrogen) atoms. The quantitative estimate of drug-likeness (QED) is 0.615. The van der Waals surface area contributed by atoms with Gasteiger partial charge in [-0.25, -0.2) is 4.68 Å². The molecule has 7 nitrogen and oxygen atoms in total. The lowest BCUT2D eigenvalue weighted by atomic mass is 10.1. The number of carbonyl (C=O) groups excluding carboxylic acids is 1. The van der Waals surface area contributed by atoms with Crippen molar-refractivity contribution in [3.63, 3.8) is 0 Å². The Morgan fingerprint density at radius 1 is 1.33 bits per heavy atom. The third-order valence-corrected chi connectivity index (χ3v) is 3.87. The van der Waals surface area contributed by atoms with Gasteiger partial charge in [-0.2, -0.15) is 21.6 Å². The number of carbonyl (C=O) groups is 1. The van der Waals surface area contributed by atoms with E-state index in [4.69, 9.17) is 0 Å². The number of amides is 1. The third kappa shape index (κ3) is 3.12. The summed E-state index contributed by atoms with van der Waals surface area (Å²) in [6.07, 6.45) is 1.80. The molecule has 0 N–H and O–H groups in total. The van der Waals surface area contributed by atoms with Gasteiger partial charge in [0.1, 0.15) is 5.82 Å². The molecule has 0 aromatic carbocycles. The maximum atomic E-state index is 12.2. The van der Waals surface area contributed by atoms with Crippen LogP contribution in [0.1, 0.15) is 19.3 Å². The minimum Gasteiger partial charge on any atom is -0.354 e. The number of piperidine rings is 1. The molecule has 2 heterocycles. The van der Waals surface area contributed by atoms with Crippen LogP contribution in [0, 0.1) is 0 Å². The zero-order valence-corrected chi connectivity index (χ0v) is 11.7. The van der Waals surface area contributed by atoms with Crippen molar-refractivity contribution in [2.75, 3.05) is 11.4 Å². The molecule has 1 amide bonds. The van der Waals surface area contributed by atoms with Crippen LogP contribution in [-0.2, 0) is 22.0 Å². The van der Waals surface area contributed by atoms with Crippen molar-refractivity contribution >= 4 is 21.8 Å². The van der Waals surface area contributed by atoms with Gasteiger partial charge in [0.25, 0.3) is 5.88 Å². The van der Waals surface area contributed by atoms with Crippen LogP contribution in [0.5, 0.6) is 5.88 Å². The molecule has 11 heteroatoms. The first-order chi connectivity index (χ1) is 9.62. The van der Waals surface area contributed by atoms with Gasteiger partial charge >= 0.3 is 15.6 Å². The Kier molecular flexibility index (Phi) is 3.87. The van der Waals surface area contributed by atoms with Crippen molar-refractivity contribution < 1.29 is 30.6 Å². The number of halogens is 3. The summed E-state index contributed by atoms with van der Waals surface area (Å²) in [5.41, 5.74) is -5.54. The van der Waals surface area contributed by atoms with Gasteiger partial charge in [-0.1, -0.05) is 0 Å². The topological polar surface area (TPSA) is 81.5 Å². The Morgan fingerprint density at radius 2 is 2.00 bits per heavy atom. The van der Waals surface area contributed by atoms with E-state index in [1.165, 1.54) is 11.9 Å². The van der Waals surface area contributed by atoms with Gasteiger partial charge in [0.05, 0.1) is 0 Å². The number of hydrogen-bond donors (Lipinski definition) is 0. The average molecular weight is 327 g/mol. The molecule has 118 valence electrons. The van der Waals surface area contributed by atoms with E-state index in [1.807, 2.05) is 0 Å². The Hall–Kier alpha value is -1.78. The van der Waals surface area contributed by atoms with E-state index in [-0.39, 0.29) is 11.7 Å². The van der Waals surface area contributed by atoms with E-state index in [0.29, 0.717) is 13.0 Å². The monoisotopic (exact) mass is 327 g/mol. The lowest BCUT2D eigenvalue weighted by molar-refractivity contribution is -0.119. The van der Waals surface area contributed by atoms with Gasteiger partial charge in [0.2, 0.25) is 5.91 Å². The molecule has 1 aliphatic rings. The molecular weight excluding hydrogens is 315 g/mol. The maximum Gasteiger partial charge on any atom is 0.534 e. The van der Waals surface area contributed by atoms with Crippen molar-refractivity contribution in [2.45, 2.75) is 24.8 Å². The predicted octanol–water partition coefficient (Wildman–Crippen LogP) is 1.17. The molecule has 0 unspecified atom stereocenters. The molecular formula is C10H12F3N3O4S. The van der Waals surface area contributed by atoms with Gasteiger partial charge in [0, 0.05) is 26.1 Å². The highest BCUT2D eigenvalue weighted by molar-refractivity contribution is 7.87. The van der Waals surface area contributed by atoms with Crippen LogP contribution in [-0.4, -0.2) is 36.2 Å². The Morgan fingerprint density at radius 3 is 2.57 bits per heavy atom. The SMILES string of the molecule is Cn1nc(OS(=O)(=O)C(F)(F)F)cc1N1CCCCC1=O. The van der Waals surface area contributed by atoms with Crippen LogP contribution in [0.2, 0.25) is 0 Å². The number of aromatic nitrogens is 2. The normalized spacial score (nSPS) is 17.1. The van der Waals surface area contributed by atoms with Gasteiger partial charge < -0.3 is 4.18 Å². The number of aryl methyl sites for hydroxylation is 1. The third-order valence-electron chi connectivity index (χ3n) is 2.91. The molecule has 0 radical (unpaired) electrons. The zero-order valence-electron chi connectivity index (χ0n) is 10.9. The Bertz CT molecular complexity index is 653. The fraction of sp³-hybridized carbons (Fsp3) is 0.600. The predicted molar refractivity (Wildman–Crippen MR) is 65.0 cm³/mol. The molecule has 2 rings (SSSR count). The molecule has 0 aliphatic carbocycles. The van der Waals surface area contributed by atoms with Gasteiger partial charge in [-0.3, -0.25) is 9.69 Å². The second-order valence-corrected chi connectivity index (χ2v) is 5.99. The number of alkyl halides is 3. The minimum atomic E-state index is -5.78. The first kappa shape index (κ1) is 15.6. The van der Waals surface area contributed by atoms with E-state index in [2.05, 4.69) is 9.28 Å². The van der Waals surface area contributed by atoms with Crippen LogP contribution in [0.4, 0.5) is 19.0 Å². The van der Waals surface area contributed by atoms with Crippen molar-refractivity contribution in [1.29, 1.82) is 0 Å². The number of nitrogens with zero attached hydrogens (tertiary/aromatic N) is 3. The zero-order chi connectivity index (χ0) is 15.8. The fourth-order valence-electron chi connectivity index (χ4n) is 1.93. The number of anilines is 1. The van der Waals surface area contributed by atoms with Crippen molar-refractivity contribution in [2.24, 2.45) is 7.05 Å². The highest BCUT2D eigenvalue weighted by Gasteiger charge is 2.49. The smallest absolute Gasteiger partial charge is 0.354 e. The summed E-state index contributed by atoms with van der Waals surface area (Å²) in [6.45, 7) is 0.393. The molecule has 0 atom stereocenters. The number of hydrogen-bond acceptors (Lipinski definition) is 5. The molecule has 1 aromatic heterocycles. The van der Waals surface area contributed by atoms with Crippen molar-refractivity contribution in [1.82, 2.24) is 9.78 Å². The molecule has 0 spiro atoms. The molecule has 1 saturated heterocycles. The Balaban J connectivity index is 2.26. The van der Waals surface area contributed by atoms with Crippen LogP contribution in [0.3, 0.4) is 0 Å². The highest BCUT2D eigenvalue weighted by Crippen LogP contribution is 2.29. The van der Waals surface area contributed by atoms with Crippen LogP contribution < -0.4 is 9.08 Å². The largest absolute Gasteiger partial charge is 0.534 e. The Labute approximate surface area is 118 Å². The summed E-state index contributed by atoms with van der Waals surface area (Å²) in [4.78, 5) is 13.1. The molecule has 0 saturated carbocycles. The number of rotatable bonds is 3. The molecule has 1 aromatic rings. The van der Waals surface area contributed by atoms with E-state index >= 15 is 0 Å². The second kappa shape index (κ2) is 5.20. The van der Waals surface area contributed by atoms with Gasteiger partial charge in [-0.15, -0.1) is 5.10 Å². The lowest BCUT2D eigenvalue weighted by Gasteiger charge is -2.25. The summed E-state index contributed by atoms with van der Waals surface area (Å²) in [6, 6.07) is 0.993. The maximum absolute atomic E-state index is 12.2. The van der Waals surface area contributed by atoms with Gasteiger partial charge in [-0.05, 0) is 12.8 Å². The first-order valence-corrected chi connectivity index (χ1v) is 7.38. The molecule has 1 aliphatic heterocycles. The van der Waals surface area contributed by atoms with Crippen LogP contribution in [0.25, 0.3) is 0 Å². The molecule has 0 bridgehead atoms. The highest BCUT2D eigenvalue weighted by atomic mass is 32.2.